The Hall–Kier alpha value is -1.86. The van der Waals surface area contributed by atoms with E-state index in [0.29, 0.717) is 5.56 Å². The van der Waals surface area contributed by atoms with E-state index in [1.807, 2.05) is 6.92 Å². The average molecular weight is 260 g/mol. The number of carbonyl (C=O) groups excluding carboxylic acids is 1. The summed E-state index contributed by atoms with van der Waals surface area (Å²) in [7, 11) is 0. The minimum Gasteiger partial charge on any atom is -0.347 e. The van der Waals surface area contributed by atoms with Crippen LogP contribution in [0.15, 0.2) is 18.2 Å². The molecule has 0 atom stereocenters. The van der Waals surface area contributed by atoms with Crippen LogP contribution in [0.5, 0.6) is 0 Å². The number of carbonyl (C=O) groups is 1. The van der Waals surface area contributed by atoms with E-state index in [1.165, 1.54) is 12.1 Å². The Morgan fingerprint density at radius 1 is 1.53 bits per heavy atom. The van der Waals surface area contributed by atoms with Gasteiger partial charge in [0.15, 0.2) is 0 Å². The van der Waals surface area contributed by atoms with E-state index in [1.54, 1.807) is 6.07 Å². The van der Waals surface area contributed by atoms with Crippen LogP contribution < -0.4 is 11.1 Å². The summed E-state index contributed by atoms with van der Waals surface area (Å²) in [6, 6.07) is 4.27. The van der Waals surface area contributed by atoms with E-state index in [4.69, 9.17) is 5.73 Å². The Labute approximate surface area is 112 Å². The Morgan fingerprint density at radius 2 is 2.26 bits per heavy atom. The number of hydrogen-bond acceptors (Lipinski definition) is 2. The van der Waals surface area contributed by atoms with Crippen molar-refractivity contribution < 1.29 is 9.18 Å². The van der Waals surface area contributed by atoms with E-state index in [2.05, 4.69) is 17.2 Å². The number of benzene rings is 1. The fourth-order valence-electron chi connectivity index (χ4n) is 2.10. The molecular formula is C15H17FN2O. The van der Waals surface area contributed by atoms with Crippen molar-refractivity contribution in [3.8, 4) is 11.8 Å². The zero-order valence-electron chi connectivity index (χ0n) is 10.9. The molecule has 0 aromatic heterocycles. The highest BCUT2D eigenvalue weighted by molar-refractivity contribution is 5.95. The fraction of sp³-hybridized carbons (Fsp3) is 0.400. The molecule has 0 saturated heterocycles. The molecule has 0 heterocycles. The second-order valence-corrected chi connectivity index (χ2v) is 5.07. The molecule has 1 saturated carbocycles. The van der Waals surface area contributed by atoms with Crippen molar-refractivity contribution >= 4 is 5.91 Å². The van der Waals surface area contributed by atoms with Crippen LogP contribution in [0.4, 0.5) is 4.39 Å². The van der Waals surface area contributed by atoms with Crippen LogP contribution in [-0.2, 0) is 0 Å². The van der Waals surface area contributed by atoms with Gasteiger partial charge in [-0.25, -0.2) is 4.39 Å². The van der Waals surface area contributed by atoms with Gasteiger partial charge in [-0.05, 0) is 44.4 Å². The first-order valence-electron chi connectivity index (χ1n) is 6.35. The summed E-state index contributed by atoms with van der Waals surface area (Å²) in [6.45, 7) is 2.21. The maximum absolute atomic E-state index is 13.7. The molecule has 0 aliphatic heterocycles. The summed E-state index contributed by atoms with van der Waals surface area (Å²) in [5, 5.41) is 2.88. The molecule has 3 N–H and O–H groups in total. The highest BCUT2D eigenvalue weighted by Crippen LogP contribution is 2.31. The minimum atomic E-state index is -0.529. The van der Waals surface area contributed by atoms with E-state index in [-0.39, 0.29) is 23.6 Å². The van der Waals surface area contributed by atoms with Gasteiger partial charge in [-0.15, -0.1) is 0 Å². The van der Waals surface area contributed by atoms with E-state index in [9.17, 15) is 9.18 Å². The van der Waals surface area contributed by atoms with Crippen molar-refractivity contribution in [2.45, 2.75) is 31.7 Å². The number of hydrogen-bond donors (Lipinski definition) is 2. The average Bonchev–Trinajstić information content (AvgIpc) is 2.35. The van der Waals surface area contributed by atoms with Gasteiger partial charge in [-0.1, -0.05) is 11.8 Å². The van der Waals surface area contributed by atoms with Crippen LogP contribution in [0, 0.1) is 17.7 Å². The molecule has 1 fully saturated rings. The van der Waals surface area contributed by atoms with Crippen molar-refractivity contribution in [3.05, 3.63) is 35.1 Å². The highest BCUT2D eigenvalue weighted by atomic mass is 19.1. The van der Waals surface area contributed by atoms with Gasteiger partial charge < -0.3 is 11.1 Å². The summed E-state index contributed by atoms with van der Waals surface area (Å²) in [6.07, 6.45) is 2.97. The lowest BCUT2D eigenvalue weighted by atomic mass is 9.78. The van der Waals surface area contributed by atoms with Crippen molar-refractivity contribution in [3.63, 3.8) is 0 Å². The van der Waals surface area contributed by atoms with Gasteiger partial charge in [0.2, 0.25) is 0 Å². The zero-order valence-corrected chi connectivity index (χ0v) is 10.9. The van der Waals surface area contributed by atoms with Gasteiger partial charge in [0.1, 0.15) is 5.82 Å². The molecule has 100 valence electrons. The molecule has 1 amide bonds. The summed E-state index contributed by atoms with van der Waals surface area (Å²) in [5.41, 5.74) is 5.73. The van der Waals surface area contributed by atoms with E-state index in [0.717, 1.165) is 19.3 Å². The lowest BCUT2D eigenvalue weighted by Crippen LogP contribution is -2.51. The number of rotatable bonds is 2. The highest BCUT2D eigenvalue weighted by Gasteiger charge is 2.33. The first kappa shape index (κ1) is 13.6. The van der Waals surface area contributed by atoms with Crippen molar-refractivity contribution in [1.82, 2.24) is 5.32 Å². The second kappa shape index (κ2) is 5.41. The van der Waals surface area contributed by atoms with Crippen molar-refractivity contribution in [2.24, 2.45) is 5.73 Å². The molecule has 0 unspecified atom stereocenters. The molecule has 0 radical (unpaired) electrons. The molecular weight excluding hydrogens is 243 g/mol. The first-order valence-corrected chi connectivity index (χ1v) is 6.35. The van der Waals surface area contributed by atoms with E-state index >= 15 is 0 Å². The SMILES string of the molecule is CC1(NC(=O)c2cc(C#CCN)ccc2F)CCC1. The largest absolute Gasteiger partial charge is 0.347 e. The molecule has 0 spiro atoms. The Bertz CT molecular complexity index is 553. The first-order chi connectivity index (χ1) is 9.04. The maximum Gasteiger partial charge on any atom is 0.254 e. The van der Waals surface area contributed by atoms with Crippen LogP contribution in [0.3, 0.4) is 0 Å². The third-order valence-corrected chi connectivity index (χ3v) is 3.42. The van der Waals surface area contributed by atoms with Gasteiger partial charge in [0.25, 0.3) is 5.91 Å². The molecule has 4 heteroatoms. The molecule has 1 aliphatic carbocycles. The lowest BCUT2D eigenvalue weighted by Gasteiger charge is -2.39. The third kappa shape index (κ3) is 3.12. The number of halogens is 1. The predicted octanol–water partition coefficient (Wildman–Crippen LogP) is 1.81. The maximum atomic E-state index is 13.7. The van der Waals surface area contributed by atoms with E-state index < -0.39 is 5.82 Å². The standard InChI is InChI=1S/C15H17FN2O/c1-15(7-3-8-15)18-14(19)12-10-11(4-2-9-17)5-6-13(12)16/h5-6,10H,3,7-9,17H2,1H3,(H,18,19). The van der Waals surface area contributed by atoms with Crippen molar-refractivity contribution in [2.75, 3.05) is 6.54 Å². The monoisotopic (exact) mass is 260 g/mol. The quantitative estimate of drug-likeness (QED) is 0.797. The van der Waals surface area contributed by atoms with Crippen LogP contribution in [0.2, 0.25) is 0 Å². The van der Waals surface area contributed by atoms with Gasteiger partial charge in [0, 0.05) is 11.1 Å². The van der Waals surface area contributed by atoms with Gasteiger partial charge >= 0.3 is 0 Å². The topological polar surface area (TPSA) is 55.1 Å². The predicted molar refractivity (Wildman–Crippen MR) is 72.1 cm³/mol. The van der Waals surface area contributed by atoms with Crippen molar-refractivity contribution in [1.29, 1.82) is 0 Å². The van der Waals surface area contributed by atoms with Crippen LogP contribution >= 0.6 is 0 Å². The zero-order chi connectivity index (χ0) is 13.9. The Morgan fingerprint density at radius 3 is 2.84 bits per heavy atom. The molecule has 0 bridgehead atoms. The summed E-state index contributed by atoms with van der Waals surface area (Å²) in [4.78, 5) is 12.1. The van der Waals surface area contributed by atoms with Crippen LogP contribution in [-0.4, -0.2) is 18.0 Å². The second-order valence-electron chi connectivity index (χ2n) is 5.07. The third-order valence-electron chi connectivity index (χ3n) is 3.42. The molecule has 1 aromatic carbocycles. The number of amides is 1. The Kier molecular flexibility index (Phi) is 3.87. The molecule has 1 aromatic rings. The van der Waals surface area contributed by atoms with Gasteiger partial charge in [-0.2, -0.15) is 0 Å². The smallest absolute Gasteiger partial charge is 0.254 e. The lowest BCUT2D eigenvalue weighted by molar-refractivity contribution is 0.0846. The summed E-state index contributed by atoms with van der Waals surface area (Å²) in [5.74, 6) is 4.57. The molecule has 1 aliphatic rings. The summed E-state index contributed by atoms with van der Waals surface area (Å²) < 4.78 is 13.7. The van der Waals surface area contributed by atoms with Crippen LogP contribution in [0.25, 0.3) is 0 Å². The van der Waals surface area contributed by atoms with Gasteiger partial charge in [0.05, 0.1) is 12.1 Å². The minimum absolute atomic E-state index is 0.0388. The van der Waals surface area contributed by atoms with Crippen LogP contribution in [0.1, 0.15) is 42.1 Å². The molecule has 19 heavy (non-hydrogen) atoms. The normalized spacial score (nSPS) is 15.9. The number of nitrogens with one attached hydrogen (secondary N) is 1. The summed E-state index contributed by atoms with van der Waals surface area (Å²) >= 11 is 0. The van der Waals surface area contributed by atoms with Gasteiger partial charge in [-0.3, -0.25) is 4.79 Å². The fourth-order valence-corrected chi connectivity index (χ4v) is 2.10. The molecule has 2 rings (SSSR count). The number of nitrogens with two attached hydrogens (primary N) is 1. The Balaban J connectivity index is 2.20. The molecule has 3 nitrogen and oxygen atoms in total.